The summed E-state index contributed by atoms with van der Waals surface area (Å²) in [4.78, 5) is 3.06. The highest BCUT2D eigenvalue weighted by atomic mass is 79.9. The number of imidazole rings is 1. The number of benzene rings is 1. The number of nitrogens with one attached hydrogen (secondary N) is 1. The molecule has 2 aromatic rings. The van der Waals surface area contributed by atoms with Crippen molar-refractivity contribution in [3.63, 3.8) is 0 Å². The van der Waals surface area contributed by atoms with E-state index in [1.54, 1.807) is 6.07 Å². The number of aromatic nitrogens is 2. The number of hydrogen-bond donors (Lipinski definition) is 1. The van der Waals surface area contributed by atoms with Gasteiger partial charge in [0.05, 0.1) is 15.5 Å². The van der Waals surface area contributed by atoms with Gasteiger partial charge in [0, 0.05) is 12.1 Å². The van der Waals surface area contributed by atoms with E-state index in [0.717, 1.165) is 23.2 Å². The van der Waals surface area contributed by atoms with Gasteiger partial charge in [0.25, 0.3) is 0 Å². The van der Waals surface area contributed by atoms with E-state index in [0.29, 0.717) is 15.3 Å². The molecule has 0 spiro atoms. The lowest BCUT2D eigenvalue weighted by Crippen LogP contribution is -2.06. The zero-order chi connectivity index (χ0) is 13.3. The second-order valence-electron chi connectivity index (χ2n) is 4.21. The highest BCUT2D eigenvalue weighted by Gasteiger charge is 2.13. The lowest BCUT2D eigenvalue weighted by Gasteiger charge is -2.14. The molecule has 0 radical (unpaired) electrons. The fourth-order valence-electron chi connectivity index (χ4n) is 1.98. The predicted molar refractivity (Wildman–Crippen MR) is 82.5 cm³/mol. The Morgan fingerprint density at radius 3 is 2.94 bits per heavy atom. The van der Waals surface area contributed by atoms with Crippen molar-refractivity contribution in [1.29, 1.82) is 0 Å². The van der Waals surface area contributed by atoms with Gasteiger partial charge < -0.3 is 9.55 Å². The van der Waals surface area contributed by atoms with E-state index >= 15 is 0 Å². The molecule has 0 aliphatic rings. The Balaban J connectivity index is 2.53. The monoisotopic (exact) mass is 348 g/mol. The third-order valence-corrected chi connectivity index (χ3v) is 4.49. The van der Waals surface area contributed by atoms with Crippen molar-refractivity contribution in [3.05, 3.63) is 27.2 Å². The van der Waals surface area contributed by atoms with Crippen molar-refractivity contribution < 1.29 is 4.39 Å². The summed E-state index contributed by atoms with van der Waals surface area (Å²) >= 11 is 10.4. The van der Waals surface area contributed by atoms with Crippen LogP contribution in [0.1, 0.15) is 19.4 Å². The number of fused-ring (bicyclic) bond motifs is 1. The Hall–Kier alpha value is -0.330. The topological polar surface area (TPSA) is 20.7 Å². The van der Waals surface area contributed by atoms with E-state index < -0.39 is 0 Å². The molecule has 98 valence electrons. The molecule has 1 unspecified atom stereocenters. The smallest absolute Gasteiger partial charge is 0.178 e. The molecule has 1 aromatic carbocycles. The summed E-state index contributed by atoms with van der Waals surface area (Å²) in [6.07, 6.45) is 3.13. The highest BCUT2D eigenvalue weighted by molar-refractivity contribution is 9.10. The largest absolute Gasteiger partial charge is 0.330 e. The van der Waals surface area contributed by atoms with Crippen LogP contribution in [0.25, 0.3) is 11.0 Å². The van der Waals surface area contributed by atoms with Crippen LogP contribution in [-0.2, 0) is 0 Å². The third-order valence-electron chi connectivity index (χ3n) is 2.94. The minimum atomic E-state index is -0.275. The van der Waals surface area contributed by atoms with Gasteiger partial charge in [0.15, 0.2) is 4.77 Å². The van der Waals surface area contributed by atoms with E-state index in [1.165, 1.54) is 6.07 Å². The summed E-state index contributed by atoms with van der Waals surface area (Å²) < 4.78 is 16.7. The van der Waals surface area contributed by atoms with Gasteiger partial charge in [0.2, 0.25) is 0 Å². The number of aromatic amines is 1. The molecule has 0 bridgehead atoms. The maximum Gasteiger partial charge on any atom is 0.178 e. The zero-order valence-corrected chi connectivity index (χ0v) is 13.4. The second-order valence-corrected chi connectivity index (χ2v) is 6.44. The summed E-state index contributed by atoms with van der Waals surface area (Å²) in [6.45, 7) is 2.14. The predicted octanol–water partition coefficient (Wildman–Crippen LogP) is 4.91. The molecule has 0 saturated carbocycles. The van der Waals surface area contributed by atoms with Crippen molar-refractivity contribution in [2.24, 2.45) is 0 Å². The first-order valence-corrected chi connectivity index (χ1v) is 8.22. The Kier molecular flexibility index (Phi) is 4.50. The summed E-state index contributed by atoms with van der Waals surface area (Å²) in [5.74, 6) is 0.806. The van der Waals surface area contributed by atoms with Gasteiger partial charge in [-0.15, -0.1) is 0 Å². The summed E-state index contributed by atoms with van der Waals surface area (Å²) in [5, 5.41) is 0. The van der Waals surface area contributed by atoms with Crippen LogP contribution < -0.4 is 0 Å². The first-order chi connectivity index (χ1) is 8.54. The van der Waals surface area contributed by atoms with Gasteiger partial charge in [-0.3, -0.25) is 0 Å². The van der Waals surface area contributed by atoms with Crippen LogP contribution in [0.5, 0.6) is 0 Å². The molecule has 0 amide bonds. The van der Waals surface area contributed by atoms with Crippen LogP contribution in [0.4, 0.5) is 4.39 Å². The van der Waals surface area contributed by atoms with Gasteiger partial charge >= 0.3 is 0 Å². The van der Waals surface area contributed by atoms with E-state index in [-0.39, 0.29) is 5.82 Å². The number of H-pyrrole nitrogens is 1. The number of hydrogen-bond acceptors (Lipinski definition) is 2. The summed E-state index contributed by atoms with van der Waals surface area (Å²) in [7, 11) is 0. The first kappa shape index (κ1) is 14.1. The van der Waals surface area contributed by atoms with E-state index in [9.17, 15) is 4.39 Å². The SMILES string of the molecule is CSCCC(C)n1c(=S)[nH]c2cc(F)c(Br)cc21. The minimum absolute atomic E-state index is 0.275. The Morgan fingerprint density at radius 1 is 1.56 bits per heavy atom. The van der Waals surface area contributed by atoms with Crippen LogP contribution in [0.2, 0.25) is 0 Å². The molecule has 0 aliphatic carbocycles. The van der Waals surface area contributed by atoms with E-state index in [2.05, 4.69) is 38.7 Å². The van der Waals surface area contributed by atoms with Crippen molar-refractivity contribution in [2.75, 3.05) is 12.0 Å². The minimum Gasteiger partial charge on any atom is -0.330 e. The molecule has 1 atom stereocenters. The van der Waals surface area contributed by atoms with Gasteiger partial charge in [-0.05, 0) is 59.6 Å². The molecule has 0 aliphatic heterocycles. The lowest BCUT2D eigenvalue weighted by molar-refractivity contribution is 0.542. The van der Waals surface area contributed by atoms with Crippen LogP contribution in [0.3, 0.4) is 0 Å². The van der Waals surface area contributed by atoms with Crippen molar-refractivity contribution in [1.82, 2.24) is 9.55 Å². The highest BCUT2D eigenvalue weighted by Crippen LogP contribution is 2.27. The average molecular weight is 349 g/mol. The molecule has 1 heterocycles. The molecule has 2 rings (SSSR count). The third kappa shape index (κ3) is 2.65. The summed E-state index contributed by atoms with van der Waals surface area (Å²) in [5.41, 5.74) is 1.69. The molecule has 0 fully saturated rings. The average Bonchev–Trinajstić information content (AvgIpc) is 2.62. The second kappa shape index (κ2) is 5.75. The molecule has 1 N–H and O–H groups in total. The standard InChI is InChI=1S/C12H14BrFN2S2/c1-7(3-4-18-2)16-11-5-8(13)9(14)6-10(11)15-12(16)17/h5-7H,3-4H2,1-2H3,(H,15,17). The van der Waals surface area contributed by atoms with Crippen LogP contribution in [0, 0.1) is 10.6 Å². The van der Waals surface area contributed by atoms with Crippen molar-refractivity contribution in [3.8, 4) is 0 Å². The zero-order valence-electron chi connectivity index (χ0n) is 10.2. The maximum absolute atomic E-state index is 13.5. The van der Waals surface area contributed by atoms with Crippen LogP contribution >= 0.6 is 39.9 Å². The van der Waals surface area contributed by atoms with E-state index in [1.807, 2.05) is 11.8 Å². The Labute approximate surface area is 123 Å². The van der Waals surface area contributed by atoms with Gasteiger partial charge in [-0.1, -0.05) is 0 Å². The Bertz CT molecular complexity index is 620. The fraction of sp³-hybridized carbons (Fsp3) is 0.417. The van der Waals surface area contributed by atoms with E-state index in [4.69, 9.17) is 12.2 Å². The van der Waals surface area contributed by atoms with Gasteiger partial charge in [0.1, 0.15) is 5.82 Å². The van der Waals surface area contributed by atoms with Gasteiger partial charge in [-0.25, -0.2) is 4.39 Å². The Morgan fingerprint density at radius 2 is 2.28 bits per heavy atom. The van der Waals surface area contributed by atoms with Crippen molar-refractivity contribution in [2.45, 2.75) is 19.4 Å². The fourth-order valence-corrected chi connectivity index (χ4v) is 3.27. The molecule has 1 aromatic heterocycles. The quantitative estimate of drug-likeness (QED) is 0.792. The molecular weight excluding hydrogens is 335 g/mol. The van der Waals surface area contributed by atoms with Crippen LogP contribution in [0.15, 0.2) is 16.6 Å². The number of halogens is 2. The van der Waals surface area contributed by atoms with Crippen molar-refractivity contribution >= 4 is 50.9 Å². The normalized spacial score (nSPS) is 13.1. The number of thioether (sulfide) groups is 1. The lowest BCUT2D eigenvalue weighted by atomic mass is 10.2. The molecule has 2 nitrogen and oxygen atoms in total. The molecule has 18 heavy (non-hydrogen) atoms. The molecule has 0 saturated heterocycles. The van der Waals surface area contributed by atoms with Gasteiger partial charge in [-0.2, -0.15) is 11.8 Å². The number of rotatable bonds is 4. The first-order valence-electron chi connectivity index (χ1n) is 5.62. The maximum atomic E-state index is 13.5. The summed E-state index contributed by atoms with van der Waals surface area (Å²) in [6, 6.07) is 3.57. The molecule has 6 heteroatoms. The number of nitrogens with zero attached hydrogens (tertiary/aromatic N) is 1. The van der Waals surface area contributed by atoms with Crippen LogP contribution in [-0.4, -0.2) is 21.6 Å². The molecular formula is C12H14BrFN2S2.